The van der Waals surface area contributed by atoms with Gasteiger partial charge in [0.2, 0.25) is 10.0 Å². The van der Waals surface area contributed by atoms with Gasteiger partial charge in [-0.3, -0.25) is 9.59 Å². The van der Waals surface area contributed by atoms with Crippen LogP contribution < -0.4 is 20.5 Å². The van der Waals surface area contributed by atoms with Crippen LogP contribution in [0.5, 0.6) is 5.75 Å². The molecule has 2 aromatic carbocycles. The Hall–Kier alpha value is -3.21. The Bertz CT molecular complexity index is 1160. The summed E-state index contributed by atoms with van der Waals surface area (Å²) in [5, 5.41) is 12.4. The first-order chi connectivity index (χ1) is 14.3. The molecule has 3 aromatic rings. The number of ether oxygens (including phenoxy) is 1. The molecule has 10 heteroatoms. The molecule has 30 heavy (non-hydrogen) atoms. The average Bonchev–Trinajstić information content (AvgIpc) is 3.26. The van der Waals surface area contributed by atoms with Crippen LogP contribution in [0.3, 0.4) is 0 Å². The minimum absolute atomic E-state index is 0.143. The molecule has 1 aromatic heterocycles. The first kappa shape index (κ1) is 21.5. The van der Waals surface area contributed by atoms with Gasteiger partial charge in [0.15, 0.2) is 0 Å². The van der Waals surface area contributed by atoms with Crippen molar-refractivity contribution in [3.05, 3.63) is 76.0 Å². The normalized spacial score (nSPS) is 11.0. The Morgan fingerprint density at radius 1 is 1.07 bits per heavy atom. The summed E-state index contributed by atoms with van der Waals surface area (Å²) in [5.41, 5.74) is 1.36. The predicted molar refractivity (Wildman–Crippen MR) is 114 cm³/mol. The van der Waals surface area contributed by atoms with Crippen molar-refractivity contribution in [1.82, 2.24) is 5.32 Å². The lowest BCUT2D eigenvalue weighted by atomic mass is 10.1. The van der Waals surface area contributed by atoms with Crippen molar-refractivity contribution >= 4 is 38.9 Å². The van der Waals surface area contributed by atoms with Gasteiger partial charge < -0.3 is 15.4 Å². The SMILES string of the molecule is COc1ccc(S(N)(=O)=O)cc1NC(=O)c1ccc(CNC(=O)c2cccs2)cc1. The molecular weight excluding hydrogens is 426 g/mol. The molecule has 0 aliphatic heterocycles. The molecule has 8 nitrogen and oxygen atoms in total. The summed E-state index contributed by atoms with van der Waals surface area (Å²) in [6.45, 7) is 0.322. The van der Waals surface area contributed by atoms with Crippen LogP contribution in [0.1, 0.15) is 25.6 Å². The average molecular weight is 446 g/mol. The van der Waals surface area contributed by atoms with Gasteiger partial charge in [-0.05, 0) is 47.3 Å². The number of anilines is 1. The molecule has 0 saturated carbocycles. The second kappa shape index (κ2) is 9.08. The maximum Gasteiger partial charge on any atom is 0.261 e. The largest absolute Gasteiger partial charge is 0.495 e. The van der Waals surface area contributed by atoms with Crippen LogP contribution in [0, 0.1) is 0 Å². The molecule has 0 aliphatic rings. The van der Waals surface area contributed by atoms with E-state index in [4.69, 9.17) is 9.88 Å². The highest BCUT2D eigenvalue weighted by molar-refractivity contribution is 7.89. The van der Waals surface area contributed by atoms with Crippen LogP contribution >= 0.6 is 11.3 Å². The molecular formula is C20H19N3O5S2. The van der Waals surface area contributed by atoms with Crippen LogP contribution in [0.25, 0.3) is 0 Å². The molecule has 0 saturated heterocycles. The third-order valence-corrected chi connectivity index (χ3v) is 5.94. The number of hydrogen-bond donors (Lipinski definition) is 3. The summed E-state index contributed by atoms with van der Waals surface area (Å²) in [6, 6.07) is 14.2. The fraction of sp³-hybridized carbons (Fsp3) is 0.100. The number of rotatable bonds is 7. The van der Waals surface area contributed by atoms with E-state index >= 15 is 0 Å². The molecule has 0 unspecified atom stereocenters. The van der Waals surface area contributed by atoms with E-state index in [0.29, 0.717) is 22.7 Å². The summed E-state index contributed by atoms with van der Waals surface area (Å²) in [7, 11) is -2.52. The first-order valence-corrected chi connectivity index (χ1v) is 11.1. The molecule has 0 spiro atoms. The number of carbonyl (C=O) groups is 2. The van der Waals surface area contributed by atoms with Crippen molar-refractivity contribution in [2.75, 3.05) is 12.4 Å². The van der Waals surface area contributed by atoms with Gasteiger partial charge in [0.1, 0.15) is 5.75 Å². The molecule has 0 fully saturated rings. The van der Waals surface area contributed by atoms with Crippen molar-refractivity contribution in [3.8, 4) is 5.75 Å². The van der Waals surface area contributed by atoms with Crippen molar-refractivity contribution in [2.45, 2.75) is 11.4 Å². The minimum atomic E-state index is -3.93. The lowest BCUT2D eigenvalue weighted by Crippen LogP contribution is -2.21. The highest BCUT2D eigenvalue weighted by atomic mass is 32.2. The first-order valence-electron chi connectivity index (χ1n) is 8.71. The number of thiophene rings is 1. The van der Waals surface area contributed by atoms with Crippen molar-refractivity contribution in [3.63, 3.8) is 0 Å². The smallest absolute Gasteiger partial charge is 0.261 e. The summed E-state index contributed by atoms with van der Waals surface area (Å²) in [5.74, 6) is -0.314. The van der Waals surface area contributed by atoms with E-state index < -0.39 is 15.9 Å². The number of nitrogens with one attached hydrogen (secondary N) is 2. The van der Waals surface area contributed by atoms with E-state index in [1.165, 1.54) is 36.6 Å². The lowest BCUT2D eigenvalue weighted by molar-refractivity contribution is 0.0953. The Kier molecular flexibility index (Phi) is 6.50. The van der Waals surface area contributed by atoms with Gasteiger partial charge in [-0.25, -0.2) is 13.6 Å². The highest BCUT2D eigenvalue weighted by Gasteiger charge is 2.15. The molecule has 0 atom stereocenters. The molecule has 156 valence electrons. The Balaban J connectivity index is 1.68. The molecule has 2 amide bonds. The zero-order chi connectivity index (χ0) is 21.7. The van der Waals surface area contributed by atoms with Crippen molar-refractivity contribution < 1.29 is 22.7 Å². The van der Waals surface area contributed by atoms with Gasteiger partial charge in [0.05, 0.1) is 22.6 Å². The lowest BCUT2D eigenvalue weighted by Gasteiger charge is -2.12. The maximum absolute atomic E-state index is 12.6. The number of nitrogens with two attached hydrogens (primary N) is 1. The van der Waals surface area contributed by atoms with Crippen LogP contribution in [0.15, 0.2) is 64.9 Å². The van der Waals surface area contributed by atoms with Crippen molar-refractivity contribution in [1.29, 1.82) is 0 Å². The number of benzene rings is 2. The van der Waals surface area contributed by atoms with Gasteiger partial charge in [-0.2, -0.15) is 0 Å². The van der Waals surface area contributed by atoms with E-state index in [0.717, 1.165) is 5.56 Å². The minimum Gasteiger partial charge on any atom is -0.495 e. The number of sulfonamides is 1. The van der Waals surface area contributed by atoms with Gasteiger partial charge in [0.25, 0.3) is 11.8 Å². The van der Waals surface area contributed by atoms with Crippen molar-refractivity contribution in [2.24, 2.45) is 5.14 Å². The third-order valence-electron chi connectivity index (χ3n) is 4.16. The third kappa shape index (κ3) is 5.23. The van der Waals surface area contributed by atoms with Crippen LogP contribution in [0.4, 0.5) is 5.69 Å². The van der Waals surface area contributed by atoms with E-state index in [-0.39, 0.29) is 16.5 Å². The summed E-state index contributed by atoms with van der Waals surface area (Å²) in [6.07, 6.45) is 0. The number of carbonyl (C=O) groups excluding carboxylic acids is 2. The van der Waals surface area contributed by atoms with Gasteiger partial charge >= 0.3 is 0 Å². The zero-order valence-electron chi connectivity index (χ0n) is 15.9. The molecule has 0 radical (unpaired) electrons. The van der Waals surface area contributed by atoms with Crippen LogP contribution in [-0.4, -0.2) is 27.3 Å². The highest BCUT2D eigenvalue weighted by Crippen LogP contribution is 2.27. The Morgan fingerprint density at radius 3 is 2.40 bits per heavy atom. The van der Waals surface area contributed by atoms with Gasteiger partial charge in [-0.15, -0.1) is 11.3 Å². The van der Waals surface area contributed by atoms with Gasteiger partial charge in [-0.1, -0.05) is 18.2 Å². The molecule has 0 aliphatic carbocycles. The van der Waals surface area contributed by atoms with Crippen LogP contribution in [0.2, 0.25) is 0 Å². The fourth-order valence-electron chi connectivity index (χ4n) is 2.61. The standard InChI is InChI=1S/C20H19N3O5S2/c1-28-17-9-8-15(30(21,26)27)11-16(17)23-19(24)14-6-4-13(5-7-14)12-22-20(25)18-3-2-10-29-18/h2-11H,12H2,1H3,(H,22,25)(H,23,24)(H2,21,26,27). The van der Waals surface area contributed by atoms with Crippen LogP contribution in [-0.2, 0) is 16.6 Å². The monoisotopic (exact) mass is 445 g/mol. The second-order valence-electron chi connectivity index (χ2n) is 6.22. The van der Waals surface area contributed by atoms with E-state index in [1.807, 2.05) is 5.38 Å². The number of methoxy groups -OCH3 is 1. The summed E-state index contributed by atoms with van der Waals surface area (Å²) < 4.78 is 28.3. The number of hydrogen-bond acceptors (Lipinski definition) is 6. The Morgan fingerprint density at radius 2 is 1.80 bits per heavy atom. The quantitative estimate of drug-likeness (QED) is 0.515. The zero-order valence-corrected chi connectivity index (χ0v) is 17.5. The second-order valence-corrected chi connectivity index (χ2v) is 8.73. The molecule has 4 N–H and O–H groups in total. The fourth-order valence-corrected chi connectivity index (χ4v) is 3.79. The molecule has 1 heterocycles. The number of primary sulfonamides is 1. The predicted octanol–water partition coefficient (Wildman–Crippen LogP) is 2.59. The van der Waals surface area contributed by atoms with E-state index in [2.05, 4.69) is 10.6 Å². The summed E-state index contributed by atoms with van der Waals surface area (Å²) >= 11 is 1.36. The summed E-state index contributed by atoms with van der Waals surface area (Å²) in [4.78, 5) is 25.0. The molecule has 0 bridgehead atoms. The van der Waals surface area contributed by atoms with E-state index in [1.54, 1.807) is 36.4 Å². The topological polar surface area (TPSA) is 128 Å². The Labute approximate surface area is 177 Å². The molecule has 3 rings (SSSR count). The van der Waals surface area contributed by atoms with Gasteiger partial charge in [0, 0.05) is 12.1 Å². The number of amides is 2. The maximum atomic E-state index is 12.6. The van der Waals surface area contributed by atoms with E-state index in [9.17, 15) is 18.0 Å².